The summed E-state index contributed by atoms with van der Waals surface area (Å²) in [5, 5.41) is 2.15. The molecular formula is C26H24N2O. The van der Waals surface area contributed by atoms with E-state index in [2.05, 4.69) is 72.4 Å². The van der Waals surface area contributed by atoms with Gasteiger partial charge in [-0.25, -0.2) is 4.98 Å². The maximum absolute atomic E-state index is 6.24. The molecule has 0 aliphatic heterocycles. The monoisotopic (exact) mass is 380 g/mol. The first-order chi connectivity index (χ1) is 14.1. The van der Waals surface area contributed by atoms with Crippen LogP contribution in [0.15, 0.2) is 76.2 Å². The first-order valence-corrected chi connectivity index (χ1v) is 9.74. The van der Waals surface area contributed by atoms with E-state index in [1.807, 2.05) is 31.3 Å². The van der Waals surface area contributed by atoms with Crippen LogP contribution in [0.1, 0.15) is 29.3 Å². The number of benzene rings is 2. The average Bonchev–Trinajstić information content (AvgIpc) is 3.08. The van der Waals surface area contributed by atoms with Crippen LogP contribution in [-0.2, 0) is 0 Å². The zero-order valence-corrected chi connectivity index (χ0v) is 17.2. The normalized spacial score (nSPS) is 13.1. The Bertz CT molecular complexity index is 1270. The summed E-state index contributed by atoms with van der Waals surface area (Å²) >= 11 is 0. The van der Waals surface area contributed by atoms with Crippen molar-refractivity contribution in [3.8, 4) is 0 Å². The molecule has 29 heavy (non-hydrogen) atoms. The highest BCUT2D eigenvalue weighted by Crippen LogP contribution is 2.36. The van der Waals surface area contributed by atoms with Gasteiger partial charge in [0, 0.05) is 35.3 Å². The third kappa shape index (κ3) is 3.64. The number of nitrogens with zero attached hydrogens (tertiary/aromatic N) is 2. The van der Waals surface area contributed by atoms with Gasteiger partial charge in [0.25, 0.3) is 0 Å². The van der Waals surface area contributed by atoms with Crippen LogP contribution in [0, 0.1) is 13.8 Å². The van der Waals surface area contributed by atoms with Gasteiger partial charge in [0.1, 0.15) is 5.58 Å². The zero-order chi connectivity index (χ0) is 20.4. The number of aromatic nitrogens is 1. The van der Waals surface area contributed by atoms with E-state index in [0.29, 0.717) is 5.71 Å². The second kappa shape index (κ2) is 7.88. The molecule has 0 aliphatic rings. The lowest BCUT2D eigenvalue weighted by molar-refractivity contribution is 0.651. The number of allylic oxidation sites excluding steroid dienone is 4. The highest BCUT2D eigenvalue weighted by molar-refractivity contribution is 6.08. The molecule has 2 heterocycles. The van der Waals surface area contributed by atoms with E-state index in [0.717, 1.165) is 44.3 Å². The van der Waals surface area contributed by atoms with Crippen LogP contribution in [0.4, 0.5) is 0 Å². The Labute approximate surface area is 171 Å². The van der Waals surface area contributed by atoms with Crippen LogP contribution in [-0.4, -0.2) is 18.2 Å². The number of aryl methyl sites for hydroxylation is 2. The fourth-order valence-corrected chi connectivity index (χ4v) is 3.72. The van der Waals surface area contributed by atoms with E-state index in [1.165, 1.54) is 5.56 Å². The summed E-state index contributed by atoms with van der Waals surface area (Å²) in [6.45, 7) is 6.24. The van der Waals surface area contributed by atoms with Gasteiger partial charge in [-0.15, -0.1) is 0 Å². The van der Waals surface area contributed by atoms with Gasteiger partial charge in [-0.05, 0) is 61.3 Å². The molecule has 0 N–H and O–H groups in total. The largest absolute Gasteiger partial charge is 0.437 e. The van der Waals surface area contributed by atoms with Gasteiger partial charge in [0.15, 0.2) is 0 Å². The SMILES string of the molecule is C/N=C/C=C(\C=C(/C)c1c(C)ccc2c1oc1nc(C)ccc12)c1ccccc1. The van der Waals surface area contributed by atoms with E-state index in [9.17, 15) is 0 Å². The minimum Gasteiger partial charge on any atom is -0.437 e. The first kappa shape index (κ1) is 18.9. The van der Waals surface area contributed by atoms with Crippen molar-refractivity contribution in [3.05, 3.63) is 89.1 Å². The molecule has 0 spiro atoms. The minimum atomic E-state index is 0.691. The van der Waals surface area contributed by atoms with Crippen molar-refractivity contribution < 1.29 is 4.42 Å². The number of hydrogen-bond acceptors (Lipinski definition) is 3. The summed E-state index contributed by atoms with van der Waals surface area (Å²) in [5.74, 6) is 0. The molecule has 0 fully saturated rings. The molecule has 2 aromatic carbocycles. The van der Waals surface area contributed by atoms with Gasteiger partial charge in [-0.1, -0.05) is 48.5 Å². The van der Waals surface area contributed by atoms with Crippen LogP contribution in [0.2, 0.25) is 0 Å². The van der Waals surface area contributed by atoms with Gasteiger partial charge < -0.3 is 4.42 Å². The van der Waals surface area contributed by atoms with Crippen molar-refractivity contribution in [2.75, 3.05) is 7.05 Å². The molecule has 0 radical (unpaired) electrons. The van der Waals surface area contributed by atoms with Gasteiger partial charge in [-0.2, -0.15) is 0 Å². The van der Waals surface area contributed by atoms with E-state index >= 15 is 0 Å². The quantitative estimate of drug-likeness (QED) is 0.289. The molecule has 4 rings (SSSR count). The molecule has 2 aromatic heterocycles. The van der Waals surface area contributed by atoms with Crippen molar-refractivity contribution in [2.24, 2.45) is 4.99 Å². The molecule has 0 saturated heterocycles. The topological polar surface area (TPSA) is 38.4 Å². The van der Waals surface area contributed by atoms with Crippen molar-refractivity contribution in [3.63, 3.8) is 0 Å². The Morgan fingerprint density at radius 2 is 1.72 bits per heavy atom. The van der Waals surface area contributed by atoms with E-state index in [1.54, 1.807) is 7.05 Å². The van der Waals surface area contributed by atoms with Gasteiger partial charge in [-0.3, -0.25) is 4.99 Å². The molecule has 0 amide bonds. The Kier molecular flexibility index (Phi) is 5.13. The Morgan fingerprint density at radius 3 is 2.48 bits per heavy atom. The second-order valence-electron chi connectivity index (χ2n) is 7.26. The molecule has 3 heteroatoms. The fourth-order valence-electron chi connectivity index (χ4n) is 3.72. The highest BCUT2D eigenvalue weighted by Gasteiger charge is 2.15. The molecule has 0 bridgehead atoms. The van der Waals surface area contributed by atoms with Gasteiger partial charge in [0.05, 0.1) is 0 Å². The molecule has 0 aliphatic carbocycles. The lowest BCUT2D eigenvalue weighted by atomic mass is 9.95. The van der Waals surface area contributed by atoms with Crippen LogP contribution in [0.25, 0.3) is 33.2 Å². The van der Waals surface area contributed by atoms with Crippen molar-refractivity contribution >= 4 is 39.4 Å². The Balaban J connectivity index is 1.92. The molecule has 0 atom stereocenters. The van der Waals surface area contributed by atoms with Crippen LogP contribution in [0.3, 0.4) is 0 Å². The number of pyridine rings is 1. The predicted molar refractivity (Wildman–Crippen MR) is 123 cm³/mol. The fraction of sp³-hybridized carbons (Fsp3) is 0.154. The zero-order valence-electron chi connectivity index (χ0n) is 17.2. The molecular weight excluding hydrogens is 356 g/mol. The molecule has 3 nitrogen and oxygen atoms in total. The standard InChI is InChI=1S/C26H24N2O/c1-17-10-12-22-23-13-11-19(3)28-26(23)29-25(22)24(17)18(2)16-21(14-15-27-4)20-8-6-5-7-9-20/h5-16H,1-4H3/b18-16+,21-14+,27-15+. The number of aliphatic imine (C=N–C) groups is 1. The van der Waals surface area contributed by atoms with Gasteiger partial charge >= 0.3 is 0 Å². The van der Waals surface area contributed by atoms with E-state index in [4.69, 9.17) is 4.42 Å². The predicted octanol–water partition coefficient (Wildman–Crippen LogP) is 6.79. The average molecular weight is 380 g/mol. The van der Waals surface area contributed by atoms with E-state index in [-0.39, 0.29) is 0 Å². The summed E-state index contributed by atoms with van der Waals surface area (Å²) < 4.78 is 6.24. The lowest BCUT2D eigenvalue weighted by Crippen LogP contribution is -1.89. The smallest absolute Gasteiger partial charge is 0.227 e. The molecule has 4 aromatic rings. The number of hydrogen-bond donors (Lipinski definition) is 0. The highest BCUT2D eigenvalue weighted by atomic mass is 16.3. The summed E-state index contributed by atoms with van der Waals surface area (Å²) in [6, 6.07) is 18.8. The number of fused-ring (bicyclic) bond motifs is 3. The lowest BCUT2D eigenvalue weighted by Gasteiger charge is -2.09. The summed E-state index contributed by atoms with van der Waals surface area (Å²) in [6.07, 6.45) is 6.07. The van der Waals surface area contributed by atoms with Crippen molar-refractivity contribution in [1.82, 2.24) is 4.98 Å². The minimum absolute atomic E-state index is 0.691. The first-order valence-electron chi connectivity index (χ1n) is 9.74. The van der Waals surface area contributed by atoms with Crippen molar-refractivity contribution in [2.45, 2.75) is 20.8 Å². The molecule has 0 unspecified atom stereocenters. The Morgan fingerprint density at radius 1 is 0.966 bits per heavy atom. The number of rotatable bonds is 4. The van der Waals surface area contributed by atoms with Gasteiger partial charge in [0.2, 0.25) is 5.71 Å². The summed E-state index contributed by atoms with van der Waals surface area (Å²) in [5.41, 5.74) is 8.24. The van der Waals surface area contributed by atoms with E-state index < -0.39 is 0 Å². The third-order valence-electron chi connectivity index (χ3n) is 5.13. The van der Waals surface area contributed by atoms with Crippen LogP contribution >= 0.6 is 0 Å². The molecule has 144 valence electrons. The maximum atomic E-state index is 6.24. The second-order valence-corrected chi connectivity index (χ2v) is 7.26. The summed E-state index contributed by atoms with van der Waals surface area (Å²) in [7, 11) is 1.78. The Hall–Kier alpha value is -3.46. The third-order valence-corrected chi connectivity index (χ3v) is 5.13. The summed E-state index contributed by atoms with van der Waals surface area (Å²) in [4.78, 5) is 8.71. The number of furan rings is 1. The van der Waals surface area contributed by atoms with Crippen molar-refractivity contribution in [1.29, 1.82) is 0 Å². The van der Waals surface area contributed by atoms with Crippen LogP contribution < -0.4 is 0 Å². The molecule has 0 saturated carbocycles. The van der Waals surface area contributed by atoms with Crippen LogP contribution in [0.5, 0.6) is 0 Å². The maximum Gasteiger partial charge on any atom is 0.227 e.